The lowest BCUT2D eigenvalue weighted by atomic mass is 9.99. The van der Waals surface area contributed by atoms with Gasteiger partial charge >= 0.3 is 0 Å². The summed E-state index contributed by atoms with van der Waals surface area (Å²) < 4.78 is 0. The van der Waals surface area contributed by atoms with Crippen molar-refractivity contribution in [3.05, 3.63) is 23.9 Å². The molecule has 0 saturated carbocycles. The van der Waals surface area contributed by atoms with Crippen molar-refractivity contribution in [2.24, 2.45) is 5.92 Å². The SMILES string of the molecule is Cc1cccc(N2CCCC(CO)C2)n1. The highest BCUT2D eigenvalue weighted by Crippen LogP contribution is 2.21. The van der Waals surface area contributed by atoms with E-state index in [1.54, 1.807) is 0 Å². The highest BCUT2D eigenvalue weighted by Gasteiger charge is 2.19. The van der Waals surface area contributed by atoms with E-state index >= 15 is 0 Å². The van der Waals surface area contributed by atoms with Gasteiger partial charge in [0.2, 0.25) is 0 Å². The van der Waals surface area contributed by atoms with Crippen LogP contribution in [0, 0.1) is 12.8 Å². The fraction of sp³-hybridized carbons (Fsp3) is 0.583. The first-order chi connectivity index (χ1) is 7.29. The number of aliphatic hydroxyl groups excluding tert-OH is 1. The van der Waals surface area contributed by atoms with Crippen LogP contribution < -0.4 is 4.90 Å². The summed E-state index contributed by atoms with van der Waals surface area (Å²) in [5.41, 5.74) is 1.05. The van der Waals surface area contributed by atoms with Crippen molar-refractivity contribution in [1.82, 2.24) is 4.98 Å². The number of piperidine rings is 1. The highest BCUT2D eigenvalue weighted by atomic mass is 16.3. The Kier molecular flexibility index (Phi) is 3.21. The third kappa shape index (κ3) is 2.48. The first-order valence-electron chi connectivity index (χ1n) is 5.59. The first kappa shape index (κ1) is 10.4. The number of hydrogen-bond donors (Lipinski definition) is 1. The molecule has 0 aromatic carbocycles. The van der Waals surface area contributed by atoms with Gasteiger partial charge in [0.1, 0.15) is 5.82 Å². The van der Waals surface area contributed by atoms with Gasteiger partial charge in [-0.2, -0.15) is 0 Å². The van der Waals surface area contributed by atoms with Gasteiger partial charge in [-0.15, -0.1) is 0 Å². The summed E-state index contributed by atoms with van der Waals surface area (Å²) in [6.45, 7) is 4.30. The van der Waals surface area contributed by atoms with Gasteiger partial charge in [0.05, 0.1) is 0 Å². The van der Waals surface area contributed by atoms with Crippen molar-refractivity contribution in [3.8, 4) is 0 Å². The second-order valence-electron chi connectivity index (χ2n) is 4.27. The Hall–Kier alpha value is -1.09. The van der Waals surface area contributed by atoms with Crippen LogP contribution in [0.25, 0.3) is 0 Å². The Morgan fingerprint density at radius 1 is 1.53 bits per heavy atom. The number of pyridine rings is 1. The lowest BCUT2D eigenvalue weighted by Crippen LogP contribution is -2.37. The molecule has 82 valence electrons. The maximum absolute atomic E-state index is 9.16. The average Bonchev–Trinajstić information content (AvgIpc) is 2.29. The summed E-state index contributed by atoms with van der Waals surface area (Å²) in [5, 5.41) is 9.16. The summed E-state index contributed by atoms with van der Waals surface area (Å²) in [7, 11) is 0. The van der Waals surface area contributed by atoms with Gasteiger partial charge in [0.25, 0.3) is 0 Å². The lowest BCUT2D eigenvalue weighted by molar-refractivity contribution is 0.208. The van der Waals surface area contributed by atoms with E-state index in [-0.39, 0.29) is 0 Å². The molecule has 0 radical (unpaired) electrons. The monoisotopic (exact) mass is 206 g/mol. The zero-order chi connectivity index (χ0) is 10.7. The van der Waals surface area contributed by atoms with E-state index in [2.05, 4.69) is 9.88 Å². The number of hydrogen-bond acceptors (Lipinski definition) is 3. The van der Waals surface area contributed by atoms with Crippen LogP contribution in [-0.2, 0) is 0 Å². The second kappa shape index (κ2) is 4.62. The molecule has 1 N–H and O–H groups in total. The number of anilines is 1. The molecule has 0 spiro atoms. The molecule has 0 bridgehead atoms. The van der Waals surface area contributed by atoms with Gasteiger partial charge in [-0.3, -0.25) is 0 Å². The van der Waals surface area contributed by atoms with Crippen LogP contribution in [0.5, 0.6) is 0 Å². The zero-order valence-corrected chi connectivity index (χ0v) is 9.19. The summed E-state index contributed by atoms with van der Waals surface area (Å²) in [6.07, 6.45) is 2.29. The minimum atomic E-state index is 0.294. The largest absolute Gasteiger partial charge is 0.396 e. The predicted molar refractivity (Wildman–Crippen MR) is 61.0 cm³/mol. The number of nitrogens with zero attached hydrogens (tertiary/aromatic N) is 2. The average molecular weight is 206 g/mol. The fourth-order valence-electron chi connectivity index (χ4n) is 2.13. The van der Waals surface area contributed by atoms with Crippen LogP contribution in [0.2, 0.25) is 0 Å². The molecule has 3 nitrogen and oxygen atoms in total. The minimum Gasteiger partial charge on any atom is -0.396 e. The number of aryl methyl sites for hydroxylation is 1. The summed E-state index contributed by atoms with van der Waals surface area (Å²) in [5.74, 6) is 1.47. The van der Waals surface area contributed by atoms with Crippen molar-refractivity contribution in [3.63, 3.8) is 0 Å². The molecule has 0 aliphatic carbocycles. The Bertz CT molecular complexity index is 327. The summed E-state index contributed by atoms with van der Waals surface area (Å²) >= 11 is 0. The smallest absolute Gasteiger partial charge is 0.128 e. The molecule has 2 rings (SSSR count). The first-order valence-corrected chi connectivity index (χ1v) is 5.59. The van der Waals surface area contributed by atoms with Gasteiger partial charge in [-0.1, -0.05) is 6.07 Å². The van der Waals surface area contributed by atoms with E-state index in [0.29, 0.717) is 12.5 Å². The molecule has 1 atom stereocenters. The van der Waals surface area contributed by atoms with Crippen molar-refractivity contribution < 1.29 is 5.11 Å². The molecule has 0 amide bonds. The Morgan fingerprint density at radius 3 is 3.13 bits per heavy atom. The third-order valence-electron chi connectivity index (χ3n) is 2.97. The molecule has 1 aromatic rings. The van der Waals surface area contributed by atoms with E-state index in [1.807, 2.05) is 25.1 Å². The topological polar surface area (TPSA) is 36.4 Å². The Labute approximate surface area is 90.8 Å². The molecule has 2 heterocycles. The number of rotatable bonds is 2. The van der Waals surface area contributed by atoms with Crippen LogP contribution in [0.4, 0.5) is 5.82 Å². The van der Waals surface area contributed by atoms with Gasteiger partial charge in [-0.25, -0.2) is 4.98 Å². The number of aliphatic hydroxyl groups is 1. The molecular formula is C12H18N2O. The van der Waals surface area contributed by atoms with E-state index in [4.69, 9.17) is 5.11 Å². The standard InChI is InChI=1S/C12H18N2O/c1-10-4-2-6-12(13-10)14-7-3-5-11(8-14)9-15/h2,4,6,11,15H,3,5,7-9H2,1H3. The second-order valence-corrected chi connectivity index (χ2v) is 4.27. The van der Waals surface area contributed by atoms with E-state index < -0.39 is 0 Å². The molecule has 1 aliphatic rings. The highest BCUT2D eigenvalue weighted by molar-refractivity contribution is 5.39. The van der Waals surface area contributed by atoms with Gasteiger partial charge in [-0.05, 0) is 37.8 Å². The molecule has 3 heteroatoms. The Balaban J connectivity index is 2.09. The van der Waals surface area contributed by atoms with Crippen molar-refractivity contribution in [1.29, 1.82) is 0 Å². The summed E-state index contributed by atoms with van der Waals surface area (Å²) in [4.78, 5) is 6.79. The molecule has 1 saturated heterocycles. The van der Waals surface area contributed by atoms with Crippen LogP contribution in [0.3, 0.4) is 0 Å². The quantitative estimate of drug-likeness (QED) is 0.798. The van der Waals surface area contributed by atoms with E-state index in [1.165, 1.54) is 0 Å². The molecular weight excluding hydrogens is 188 g/mol. The van der Waals surface area contributed by atoms with E-state index in [0.717, 1.165) is 37.4 Å². The molecule has 1 unspecified atom stereocenters. The molecule has 1 aromatic heterocycles. The van der Waals surface area contributed by atoms with E-state index in [9.17, 15) is 0 Å². The van der Waals surface area contributed by atoms with Crippen LogP contribution in [-0.4, -0.2) is 29.8 Å². The van der Waals surface area contributed by atoms with Gasteiger partial charge in [0, 0.05) is 25.4 Å². The molecule has 1 aliphatic heterocycles. The third-order valence-corrected chi connectivity index (χ3v) is 2.97. The maximum atomic E-state index is 9.16. The molecule has 15 heavy (non-hydrogen) atoms. The van der Waals surface area contributed by atoms with Crippen LogP contribution in [0.15, 0.2) is 18.2 Å². The minimum absolute atomic E-state index is 0.294. The number of aromatic nitrogens is 1. The van der Waals surface area contributed by atoms with Gasteiger partial charge in [0.15, 0.2) is 0 Å². The zero-order valence-electron chi connectivity index (χ0n) is 9.19. The Morgan fingerprint density at radius 2 is 2.40 bits per heavy atom. The van der Waals surface area contributed by atoms with Crippen LogP contribution in [0.1, 0.15) is 18.5 Å². The normalized spacial score (nSPS) is 21.7. The summed E-state index contributed by atoms with van der Waals surface area (Å²) in [6, 6.07) is 6.10. The van der Waals surface area contributed by atoms with Crippen molar-refractivity contribution in [2.75, 3.05) is 24.6 Å². The lowest BCUT2D eigenvalue weighted by Gasteiger charge is -2.32. The maximum Gasteiger partial charge on any atom is 0.128 e. The predicted octanol–water partition coefficient (Wildman–Crippen LogP) is 1.60. The van der Waals surface area contributed by atoms with Crippen molar-refractivity contribution in [2.45, 2.75) is 19.8 Å². The fourth-order valence-corrected chi connectivity index (χ4v) is 2.13. The molecule has 1 fully saturated rings. The van der Waals surface area contributed by atoms with Crippen molar-refractivity contribution >= 4 is 5.82 Å². The van der Waals surface area contributed by atoms with Crippen LogP contribution >= 0.6 is 0 Å². The van der Waals surface area contributed by atoms with Gasteiger partial charge < -0.3 is 10.0 Å².